The molecule has 1 aliphatic heterocycles. The molecule has 3 aromatic heterocycles. The van der Waals surface area contributed by atoms with Crippen LogP contribution in [0, 0.1) is 13.8 Å². The van der Waals surface area contributed by atoms with Gasteiger partial charge in [0, 0.05) is 37.7 Å². The Morgan fingerprint density at radius 3 is 2.48 bits per heavy atom. The highest BCUT2D eigenvalue weighted by Gasteiger charge is 2.21. The fourth-order valence-electron chi connectivity index (χ4n) is 4.46. The number of pyridine rings is 1. The molecular formula is C25H33N5O3. The number of likely N-dealkylation sites (tertiary alicyclic amines) is 1. The zero-order chi connectivity index (χ0) is 23.5. The van der Waals surface area contributed by atoms with Crippen LogP contribution in [0.4, 0.5) is 0 Å². The van der Waals surface area contributed by atoms with Gasteiger partial charge >= 0.3 is 0 Å². The Morgan fingerprint density at radius 1 is 1.12 bits per heavy atom. The van der Waals surface area contributed by atoms with Gasteiger partial charge in [0.1, 0.15) is 11.5 Å². The Morgan fingerprint density at radius 2 is 1.85 bits per heavy atom. The summed E-state index contributed by atoms with van der Waals surface area (Å²) in [6, 6.07) is 3.82. The van der Waals surface area contributed by atoms with Crippen molar-refractivity contribution in [3.63, 3.8) is 0 Å². The van der Waals surface area contributed by atoms with Crippen LogP contribution in [0.5, 0.6) is 0 Å². The van der Waals surface area contributed by atoms with Crippen molar-refractivity contribution in [1.82, 2.24) is 25.0 Å². The zero-order valence-electron chi connectivity index (χ0n) is 20.0. The summed E-state index contributed by atoms with van der Waals surface area (Å²) in [5.74, 6) is 1.42. The molecule has 4 rings (SSSR count). The lowest BCUT2D eigenvalue weighted by atomic mass is 10.1. The topological polar surface area (TPSA) is 93.3 Å². The van der Waals surface area contributed by atoms with Gasteiger partial charge in [-0.15, -0.1) is 0 Å². The summed E-state index contributed by atoms with van der Waals surface area (Å²) in [6.45, 7) is 9.78. The van der Waals surface area contributed by atoms with Crippen molar-refractivity contribution >= 4 is 22.8 Å². The standard InChI is InChI=1S/C25H33N5O3/c1-16(2)30-24-21(15-27-30)20(14-22(28-24)19-13-17(3)33-18(19)4)25(32)26-10-9-23(31)29-11-7-5-6-8-12-29/h13-16H,5-12H2,1-4H3,(H,26,32). The molecule has 0 spiro atoms. The molecule has 0 unspecified atom stereocenters. The van der Waals surface area contributed by atoms with Gasteiger partial charge in [0.05, 0.1) is 22.8 Å². The number of rotatable bonds is 6. The lowest BCUT2D eigenvalue weighted by Crippen LogP contribution is -2.35. The average Bonchev–Trinajstić information content (AvgIpc) is 3.23. The third kappa shape index (κ3) is 4.94. The first kappa shape index (κ1) is 23.0. The molecule has 3 aromatic rings. The van der Waals surface area contributed by atoms with Gasteiger partial charge in [-0.25, -0.2) is 9.67 Å². The molecule has 0 aliphatic carbocycles. The number of nitrogens with zero attached hydrogens (tertiary/aromatic N) is 4. The van der Waals surface area contributed by atoms with Crippen LogP contribution in [0.3, 0.4) is 0 Å². The predicted octanol–water partition coefficient (Wildman–Crippen LogP) is 4.41. The van der Waals surface area contributed by atoms with Crippen molar-refractivity contribution in [2.75, 3.05) is 19.6 Å². The minimum Gasteiger partial charge on any atom is -0.466 e. The third-order valence-electron chi connectivity index (χ3n) is 6.20. The van der Waals surface area contributed by atoms with Gasteiger partial charge < -0.3 is 14.6 Å². The van der Waals surface area contributed by atoms with E-state index in [1.807, 2.05) is 43.3 Å². The van der Waals surface area contributed by atoms with E-state index in [4.69, 9.17) is 9.40 Å². The fourth-order valence-corrected chi connectivity index (χ4v) is 4.46. The molecule has 33 heavy (non-hydrogen) atoms. The lowest BCUT2D eigenvalue weighted by Gasteiger charge is -2.20. The van der Waals surface area contributed by atoms with Gasteiger partial charge in [-0.05, 0) is 52.7 Å². The molecule has 0 bridgehead atoms. The van der Waals surface area contributed by atoms with E-state index in [-0.39, 0.29) is 17.9 Å². The molecule has 1 saturated heterocycles. The van der Waals surface area contributed by atoms with Gasteiger partial charge in [-0.2, -0.15) is 5.10 Å². The number of aryl methyl sites for hydroxylation is 2. The molecule has 0 radical (unpaired) electrons. The monoisotopic (exact) mass is 451 g/mol. The van der Waals surface area contributed by atoms with E-state index in [1.165, 1.54) is 12.8 Å². The molecule has 2 amide bonds. The first-order chi connectivity index (χ1) is 15.8. The number of hydrogen-bond acceptors (Lipinski definition) is 5. The van der Waals surface area contributed by atoms with Gasteiger partial charge in [0.25, 0.3) is 5.91 Å². The largest absolute Gasteiger partial charge is 0.466 e. The maximum atomic E-state index is 13.2. The minimum atomic E-state index is -0.228. The quantitative estimate of drug-likeness (QED) is 0.599. The van der Waals surface area contributed by atoms with Crippen molar-refractivity contribution < 1.29 is 14.0 Å². The first-order valence-electron chi connectivity index (χ1n) is 11.9. The second-order valence-corrected chi connectivity index (χ2v) is 9.10. The third-order valence-corrected chi connectivity index (χ3v) is 6.20. The Bertz CT molecular complexity index is 1150. The number of amides is 2. The average molecular weight is 452 g/mol. The van der Waals surface area contributed by atoms with Crippen LogP contribution in [0.15, 0.2) is 22.7 Å². The summed E-state index contributed by atoms with van der Waals surface area (Å²) >= 11 is 0. The molecule has 4 heterocycles. The van der Waals surface area contributed by atoms with E-state index in [2.05, 4.69) is 10.4 Å². The summed E-state index contributed by atoms with van der Waals surface area (Å²) in [4.78, 5) is 32.5. The van der Waals surface area contributed by atoms with E-state index in [1.54, 1.807) is 12.3 Å². The number of nitrogens with one attached hydrogen (secondary N) is 1. The molecule has 0 aromatic carbocycles. The number of aromatic nitrogens is 3. The van der Waals surface area contributed by atoms with Crippen molar-refractivity contribution in [1.29, 1.82) is 0 Å². The molecule has 1 aliphatic rings. The maximum absolute atomic E-state index is 13.2. The molecule has 8 heteroatoms. The number of furan rings is 1. The highest BCUT2D eigenvalue weighted by molar-refractivity contribution is 6.06. The SMILES string of the molecule is Cc1cc(-c2cc(C(=O)NCCC(=O)N3CCCCCC3)c3cnn(C(C)C)c3n2)c(C)o1. The second-order valence-electron chi connectivity index (χ2n) is 9.10. The minimum absolute atomic E-state index is 0.0968. The van der Waals surface area contributed by atoms with E-state index >= 15 is 0 Å². The first-order valence-corrected chi connectivity index (χ1v) is 11.9. The van der Waals surface area contributed by atoms with E-state index in [0.717, 1.165) is 43.0 Å². The molecule has 0 atom stereocenters. The zero-order valence-corrected chi connectivity index (χ0v) is 20.0. The van der Waals surface area contributed by atoms with Gasteiger partial charge in [-0.3, -0.25) is 9.59 Å². The number of carbonyl (C=O) groups is 2. The molecule has 8 nitrogen and oxygen atoms in total. The fraction of sp³-hybridized carbons (Fsp3) is 0.520. The van der Waals surface area contributed by atoms with Crippen molar-refractivity contribution in [2.24, 2.45) is 0 Å². The van der Waals surface area contributed by atoms with Crippen molar-refractivity contribution in [3.05, 3.63) is 35.4 Å². The van der Waals surface area contributed by atoms with Crippen LogP contribution in [-0.4, -0.2) is 51.1 Å². The van der Waals surface area contributed by atoms with Crippen LogP contribution < -0.4 is 5.32 Å². The molecular weight excluding hydrogens is 418 g/mol. The smallest absolute Gasteiger partial charge is 0.252 e. The number of fused-ring (bicyclic) bond motifs is 1. The van der Waals surface area contributed by atoms with Gasteiger partial charge in [0.2, 0.25) is 5.91 Å². The lowest BCUT2D eigenvalue weighted by molar-refractivity contribution is -0.131. The van der Waals surface area contributed by atoms with Crippen LogP contribution >= 0.6 is 0 Å². The van der Waals surface area contributed by atoms with Crippen LogP contribution in [-0.2, 0) is 4.79 Å². The number of hydrogen-bond donors (Lipinski definition) is 1. The highest BCUT2D eigenvalue weighted by Crippen LogP contribution is 2.30. The summed E-state index contributed by atoms with van der Waals surface area (Å²) in [5, 5.41) is 8.10. The summed E-state index contributed by atoms with van der Waals surface area (Å²) < 4.78 is 7.51. The van der Waals surface area contributed by atoms with Gasteiger partial charge in [-0.1, -0.05) is 12.8 Å². The van der Waals surface area contributed by atoms with Crippen LogP contribution in [0.2, 0.25) is 0 Å². The van der Waals surface area contributed by atoms with E-state index in [0.29, 0.717) is 35.3 Å². The Hall–Kier alpha value is -3.16. The van der Waals surface area contributed by atoms with E-state index < -0.39 is 0 Å². The molecule has 0 saturated carbocycles. The number of carbonyl (C=O) groups excluding carboxylic acids is 2. The Kier molecular flexibility index (Phi) is 6.81. The summed E-state index contributed by atoms with van der Waals surface area (Å²) in [5.41, 5.74) is 2.69. The summed E-state index contributed by atoms with van der Waals surface area (Å²) in [7, 11) is 0. The molecule has 176 valence electrons. The van der Waals surface area contributed by atoms with Crippen molar-refractivity contribution in [3.8, 4) is 11.3 Å². The summed E-state index contributed by atoms with van der Waals surface area (Å²) in [6.07, 6.45) is 6.47. The molecule has 1 N–H and O–H groups in total. The Labute approximate surface area is 194 Å². The van der Waals surface area contributed by atoms with Crippen LogP contribution in [0.25, 0.3) is 22.3 Å². The van der Waals surface area contributed by atoms with Gasteiger partial charge in [0.15, 0.2) is 5.65 Å². The normalized spacial score (nSPS) is 14.6. The predicted molar refractivity (Wildman–Crippen MR) is 127 cm³/mol. The second kappa shape index (κ2) is 9.77. The maximum Gasteiger partial charge on any atom is 0.252 e. The van der Waals surface area contributed by atoms with Crippen molar-refractivity contribution in [2.45, 2.75) is 65.8 Å². The highest BCUT2D eigenvalue weighted by atomic mass is 16.3. The molecule has 1 fully saturated rings. The van der Waals surface area contributed by atoms with E-state index in [9.17, 15) is 9.59 Å². The Balaban J connectivity index is 1.57. The van der Waals surface area contributed by atoms with Crippen LogP contribution in [0.1, 0.15) is 73.9 Å².